The molecule has 0 aliphatic rings. The first-order valence-electron chi connectivity index (χ1n) is 7.39. The van der Waals surface area contributed by atoms with Crippen LogP contribution in [0.2, 0.25) is 10.0 Å². The Labute approximate surface area is 168 Å². The second-order valence-corrected chi connectivity index (χ2v) is 6.73. The van der Waals surface area contributed by atoms with Crippen LogP contribution in [0.3, 0.4) is 0 Å². The van der Waals surface area contributed by atoms with E-state index in [9.17, 15) is 15.2 Å². The van der Waals surface area contributed by atoms with Gasteiger partial charge in [0, 0.05) is 5.02 Å². The van der Waals surface area contributed by atoms with Gasteiger partial charge in [0.2, 0.25) is 0 Å². The van der Waals surface area contributed by atoms with Crippen LogP contribution in [-0.2, 0) is 4.79 Å². The molecule has 8 heteroatoms. The van der Waals surface area contributed by atoms with E-state index < -0.39 is 5.91 Å². The van der Waals surface area contributed by atoms with Gasteiger partial charge in [-0.2, -0.15) is 5.26 Å². The molecule has 0 radical (unpaired) electrons. The van der Waals surface area contributed by atoms with Gasteiger partial charge in [0.1, 0.15) is 11.6 Å². The van der Waals surface area contributed by atoms with Crippen LogP contribution in [0.1, 0.15) is 12.5 Å². The van der Waals surface area contributed by atoms with Crippen molar-refractivity contribution >= 4 is 56.8 Å². The number of carbonyl (C=O) groups excluding carboxylic acids is 1. The fraction of sp³-hybridized carbons (Fsp3) is 0.111. The predicted octanol–water partition coefficient (Wildman–Crippen LogP) is 5.41. The van der Waals surface area contributed by atoms with E-state index in [1.165, 1.54) is 18.2 Å². The van der Waals surface area contributed by atoms with Crippen molar-refractivity contribution in [2.24, 2.45) is 0 Å². The van der Waals surface area contributed by atoms with Crippen LogP contribution in [0.15, 0.2) is 40.4 Å². The third-order valence-electron chi connectivity index (χ3n) is 3.20. The smallest absolute Gasteiger partial charge is 0.266 e. The number of anilines is 1. The average molecular weight is 456 g/mol. The quantitative estimate of drug-likeness (QED) is 0.466. The highest BCUT2D eigenvalue weighted by Gasteiger charge is 2.14. The number of hydrogen-bond donors (Lipinski definition) is 2. The van der Waals surface area contributed by atoms with Gasteiger partial charge in [-0.25, -0.2) is 0 Å². The van der Waals surface area contributed by atoms with Crippen molar-refractivity contribution in [1.82, 2.24) is 0 Å². The summed E-state index contributed by atoms with van der Waals surface area (Å²) in [5.41, 5.74) is 0.648. The molecule has 0 aliphatic heterocycles. The van der Waals surface area contributed by atoms with Crippen LogP contribution in [0, 0.1) is 11.3 Å². The van der Waals surface area contributed by atoms with Crippen molar-refractivity contribution in [3.05, 3.63) is 56.0 Å². The number of nitriles is 1. The molecular weight excluding hydrogens is 443 g/mol. The molecule has 2 aromatic carbocycles. The van der Waals surface area contributed by atoms with Crippen LogP contribution in [-0.4, -0.2) is 17.6 Å². The lowest BCUT2D eigenvalue weighted by Gasteiger charge is -2.09. The first-order chi connectivity index (χ1) is 12.3. The molecule has 0 atom stereocenters. The molecule has 0 spiro atoms. The second-order valence-electron chi connectivity index (χ2n) is 5.03. The Kier molecular flexibility index (Phi) is 6.92. The number of halogens is 3. The molecule has 26 heavy (non-hydrogen) atoms. The average Bonchev–Trinajstić information content (AvgIpc) is 2.60. The number of nitrogens with zero attached hydrogens (tertiary/aromatic N) is 1. The number of phenols is 1. The maximum Gasteiger partial charge on any atom is 0.266 e. The summed E-state index contributed by atoms with van der Waals surface area (Å²) in [5.74, 6) is -0.458. The highest BCUT2D eigenvalue weighted by Crippen LogP contribution is 2.36. The number of hydrogen-bond acceptors (Lipinski definition) is 4. The van der Waals surface area contributed by atoms with Gasteiger partial charge in [-0.3, -0.25) is 4.79 Å². The number of rotatable bonds is 5. The predicted molar refractivity (Wildman–Crippen MR) is 106 cm³/mol. The zero-order valence-corrected chi connectivity index (χ0v) is 16.6. The largest absolute Gasteiger partial charge is 0.503 e. The zero-order chi connectivity index (χ0) is 19.3. The molecular formula is C18H13BrCl2N2O3. The number of ether oxygens (including phenoxy) is 1. The Balaban J connectivity index is 2.34. The van der Waals surface area contributed by atoms with Gasteiger partial charge in [0.15, 0.2) is 11.5 Å². The van der Waals surface area contributed by atoms with Gasteiger partial charge in [-0.05, 0) is 64.8 Å². The van der Waals surface area contributed by atoms with Crippen molar-refractivity contribution in [3.63, 3.8) is 0 Å². The molecule has 1 amide bonds. The standard InChI is InChI=1S/C18H13BrCl2N2O3/c1-2-26-16-7-10(6-13(19)17(16)24)5-11(9-22)18(25)23-15-8-12(20)3-4-14(15)21/h3-8,24H,2H2,1H3,(H,23,25)/b11-5+. The fourth-order valence-electron chi connectivity index (χ4n) is 2.04. The van der Waals surface area contributed by atoms with Crippen molar-refractivity contribution < 1.29 is 14.6 Å². The van der Waals surface area contributed by atoms with Crippen LogP contribution < -0.4 is 10.1 Å². The zero-order valence-electron chi connectivity index (χ0n) is 13.5. The first-order valence-corrected chi connectivity index (χ1v) is 8.94. The summed E-state index contributed by atoms with van der Waals surface area (Å²) < 4.78 is 5.71. The fourth-order valence-corrected chi connectivity index (χ4v) is 2.84. The van der Waals surface area contributed by atoms with E-state index in [4.69, 9.17) is 27.9 Å². The summed E-state index contributed by atoms with van der Waals surface area (Å²) in [6.07, 6.45) is 1.38. The van der Waals surface area contributed by atoms with E-state index in [2.05, 4.69) is 21.2 Å². The van der Waals surface area contributed by atoms with Crippen LogP contribution in [0.4, 0.5) is 5.69 Å². The molecule has 0 saturated carbocycles. The molecule has 0 fully saturated rings. The van der Waals surface area contributed by atoms with E-state index in [-0.39, 0.29) is 17.1 Å². The summed E-state index contributed by atoms with van der Waals surface area (Å²) >= 11 is 15.1. The van der Waals surface area contributed by atoms with E-state index >= 15 is 0 Å². The lowest BCUT2D eigenvalue weighted by molar-refractivity contribution is -0.112. The number of amides is 1. The monoisotopic (exact) mass is 454 g/mol. The molecule has 0 unspecified atom stereocenters. The van der Waals surface area contributed by atoms with Gasteiger partial charge in [0.05, 0.1) is 21.8 Å². The van der Waals surface area contributed by atoms with E-state index in [0.717, 1.165) is 0 Å². The summed E-state index contributed by atoms with van der Waals surface area (Å²) in [7, 11) is 0. The Morgan fingerprint density at radius 3 is 2.77 bits per heavy atom. The normalized spacial score (nSPS) is 11.0. The lowest BCUT2D eigenvalue weighted by Crippen LogP contribution is -2.13. The van der Waals surface area contributed by atoms with E-state index in [1.54, 1.807) is 25.1 Å². The second kappa shape index (κ2) is 8.95. The number of carbonyl (C=O) groups is 1. The van der Waals surface area contributed by atoms with E-state index in [1.807, 2.05) is 6.07 Å². The lowest BCUT2D eigenvalue weighted by atomic mass is 10.1. The number of nitrogens with one attached hydrogen (secondary N) is 1. The van der Waals surface area contributed by atoms with Gasteiger partial charge in [-0.1, -0.05) is 23.2 Å². The Morgan fingerprint density at radius 2 is 2.12 bits per heavy atom. The third kappa shape index (κ3) is 4.92. The number of aromatic hydroxyl groups is 1. The maximum atomic E-state index is 12.4. The minimum atomic E-state index is -0.640. The topological polar surface area (TPSA) is 82.3 Å². The summed E-state index contributed by atoms with van der Waals surface area (Å²) in [4.78, 5) is 12.4. The van der Waals surface area contributed by atoms with Gasteiger partial charge >= 0.3 is 0 Å². The van der Waals surface area contributed by atoms with Gasteiger partial charge in [0.25, 0.3) is 5.91 Å². The van der Waals surface area contributed by atoms with Crippen LogP contribution >= 0.6 is 39.1 Å². The molecule has 0 saturated heterocycles. The summed E-state index contributed by atoms with van der Waals surface area (Å²) in [6.45, 7) is 2.13. The minimum Gasteiger partial charge on any atom is -0.503 e. The highest BCUT2D eigenvalue weighted by atomic mass is 79.9. The van der Waals surface area contributed by atoms with Crippen LogP contribution in [0.25, 0.3) is 6.08 Å². The molecule has 5 nitrogen and oxygen atoms in total. The molecule has 0 aliphatic carbocycles. The van der Waals surface area contributed by atoms with E-state index in [0.29, 0.717) is 32.4 Å². The molecule has 0 aromatic heterocycles. The molecule has 134 valence electrons. The molecule has 0 heterocycles. The molecule has 2 aromatic rings. The van der Waals surface area contributed by atoms with Gasteiger partial charge < -0.3 is 15.2 Å². The Bertz CT molecular complexity index is 923. The SMILES string of the molecule is CCOc1cc(/C=C(\C#N)C(=O)Nc2cc(Cl)ccc2Cl)cc(Br)c1O. The number of phenolic OH excluding ortho intramolecular Hbond substituents is 1. The third-order valence-corrected chi connectivity index (χ3v) is 4.37. The Hall–Kier alpha value is -2.20. The van der Waals surface area contributed by atoms with Crippen molar-refractivity contribution in [1.29, 1.82) is 5.26 Å². The van der Waals surface area contributed by atoms with Crippen LogP contribution in [0.5, 0.6) is 11.5 Å². The first kappa shape index (κ1) is 20.1. The molecule has 0 bridgehead atoms. The molecule has 2 N–H and O–H groups in total. The van der Waals surface area contributed by atoms with Crippen molar-refractivity contribution in [2.75, 3.05) is 11.9 Å². The van der Waals surface area contributed by atoms with Crippen molar-refractivity contribution in [2.45, 2.75) is 6.92 Å². The molecule has 2 rings (SSSR count). The highest BCUT2D eigenvalue weighted by molar-refractivity contribution is 9.10. The Morgan fingerprint density at radius 1 is 1.38 bits per heavy atom. The van der Waals surface area contributed by atoms with Crippen molar-refractivity contribution in [3.8, 4) is 17.6 Å². The summed E-state index contributed by atoms with van der Waals surface area (Å²) in [5, 5.41) is 22.5. The summed E-state index contributed by atoms with van der Waals surface area (Å²) in [6, 6.07) is 9.55. The number of benzene rings is 2. The minimum absolute atomic E-state index is 0.0577. The van der Waals surface area contributed by atoms with Gasteiger partial charge in [-0.15, -0.1) is 0 Å². The maximum absolute atomic E-state index is 12.4.